The summed E-state index contributed by atoms with van der Waals surface area (Å²) in [5.41, 5.74) is 2.22. The molecule has 0 bridgehead atoms. The highest BCUT2D eigenvalue weighted by Gasteiger charge is 2.08. The molecule has 5 nitrogen and oxygen atoms in total. The van der Waals surface area contributed by atoms with Crippen molar-refractivity contribution in [3.63, 3.8) is 0 Å². The number of amides is 2. The lowest BCUT2D eigenvalue weighted by atomic mass is 10.1. The molecule has 0 atom stereocenters. The monoisotopic (exact) mass is 263 g/mol. The third-order valence-electron chi connectivity index (χ3n) is 2.82. The van der Waals surface area contributed by atoms with E-state index in [-0.39, 0.29) is 11.8 Å². The molecule has 0 aliphatic carbocycles. The first-order chi connectivity index (χ1) is 9.08. The van der Waals surface area contributed by atoms with Crippen LogP contribution in [0.3, 0.4) is 0 Å². The van der Waals surface area contributed by atoms with Gasteiger partial charge in [-0.25, -0.2) is 0 Å². The highest BCUT2D eigenvalue weighted by molar-refractivity contribution is 5.96. The summed E-state index contributed by atoms with van der Waals surface area (Å²) in [5, 5.41) is 8.42. The summed E-state index contributed by atoms with van der Waals surface area (Å²) in [5.74, 6) is -0.138. The van der Waals surface area contributed by atoms with Crippen LogP contribution in [0.5, 0.6) is 0 Å². The minimum Gasteiger partial charge on any atom is -0.355 e. The lowest BCUT2D eigenvalue weighted by Gasteiger charge is -2.10. The van der Waals surface area contributed by atoms with Crippen molar-refractivity contribution >= 4 is 17.5 Å². The van der Waals surface area contributed by atoms with Gasteiger partial charge >= 0.3 is 0 Å². The Bertz CT molecular complexity index is 458. The van der Waals surface area contributed by atoms with Gasteiger partial charge in [0.1, 0.15) is 0 Å². The van der Waals surface area contributed by atoms with E-state index in [9.17, 15) is 9.59 Å². The summed E-state index contributed by atoms with van der Waals surface area (Å²) >= 11 is 0. The lowest BCUT2D eigenvalue weighted by molar-refractivity contribution is -0.116. The Balaban J connectivity index is 2.64. The summed E-state index contributed by atoms with van der Waals surface area (Å²) in [4.78, 5) is 23.2. The van der Waals surface area contributed by atoms with Gasteiger partial charge < -0.3 is 16.0 Å². The van der Waals surface area contributed by atoms with Gasteiger partial charge in [-0.3, -0.25) is 9.59 Å². The molecule has 2 amide bonds. The number of nitrogens with one attached hydrogen (secondary N) is 3. The maximum Gasteiger partial charge on any atom is 0.251 e. The zero-order valence-corrected chi connectivity index (χ0v) is 11.7. The van der Waals surface area contributed by atoms with E-state index in [0.717, 1.165) is 24.2 Å². The normalized spacial score (nSPS) is 10.1. The van der Waals surface area contributed by atoms with Crippen LogP contribution in [-0.4, -0.2) is 32.5 Å². The van der Waals surface area contributed by atoms with Crippen LogP contribution in [-0.2, 0) is 4.79 Å². The first kappa shape index (κ1) is 15.2. The Labute approximate surface area is 113 Å². The van der Waals surface area contributed by atoms with Crippen molar-refractivity contribution in [2.75, 3.05) is 26.0 Å². The molecule has 0 saturated carbocycles. The Hall–Kier alpha value is -1.88. The maximum atomic E-state index is 11.7. The van der Waals surface area contributed by atoms with Gasteiger partial charge in [-0.1, -0.05) is 0 Å². The van der Waals surface area contributed by atoms with Gasteiger partial charge in [0.25, 0.3) is 5.91 Å². The van der Waals surface area contributed by atoms with Crippen molar-refractivity contribution in [1.29, 1.82) is 0 Å². The summed E-state index contributed by atoms with van der Waals surface area (Å²) < 4.78 is 0. The van der Waals surface area contributed by atoms with Crippen molar-refractivity contribution in [2.45, 2.75) is 19.8 Å². The number of carbonyl (C=O) groups is 2. The smallest absolute Gasteiger partial charge is 0.251 e. The predicted molar refractivity (Wildman–Crippen MR) is 76.4 cm³/mol. The van der Waals surface area contributed by atoms with E-state index in [4.69, 9.17) is 0 Å². The Morgan fingerprint density at radius 1 is 1.21 bits per heavy atom. The van der Waals surface area contributed by atoms with Crippen LogP contribution in [0.15, 0.2) is 18.2 Å². The molecule has 1 aromatic carbocycles. The maximum absolute atomic E-state index is 11.7. The summed E-state index contributed by atoms with van der Waals surface area (Å²) in [7, 11) is 3.45. The van der Waals surface area contributed by atoms with Gasteiger partial charge in [0.15, 0.2) is 0 Å². The average molecular weight is 263 g/mol. The van der Waals surface area contributed by atoms with Crippen molar-refractivity contribution in [3.05, 3.63) is 29.3 Å². The minimum atomic E-state index is -0.130. The van der Waals surface area contributed by atoms with Gasteiger partial charge in [0.2, 0.25) is 5.91 Å². The molecule has 1 rings (SSSR count). The number of carbonyl (C=O) groups excluding carboxylic acids is 2. The zero-order valence-electron chi connectivity index (χ0n) is 11.7. The van der Waals surface area contributed by atoms with Crippen molar-refractivity contribution in [3.8, 4) is 0 Å². The molecule has 0 aliphatic rings. The summed E-state index contributed by atoms with van der Waals surface area (Å²) in [6.45, 7) is 2.69. The first-order valence-electron chi connectivity index (χ1n) is 6.35. The SMILES string of the molecule is CNCCCC(=O)Nc1ccc(C(=O)NC)cc1C. The van der Waals surface area contributed by atoms with E-state index < -0.39 is 0 Å². The predicted octanol–water partition coefficient (Wildman–Crippen LogP) is 1.29. The molecule has 0 fully saturated rings. The summed E-state index contributed by atoms with van der Waals surface area (Å²) in [6, 6.07) is 5.23. The second kappa shape index (κ2) is 7.53. The summed E-state index contributed by atoms with van der Waals surface area (Å²) in [6.07, 6.45) is 1.29. The Kier molecular flexibility index (Phi) is 6.02. The van der Waals surface area contributed by atoms with E-state index in [1.165, 1.54) is 0 Å². The highest BCUT2D eigenvalue weighted by Crippen LogP contribution is 2.17. The number of hydrogen-bond donors (Lipinski definition) is 3. The third kappa shape index (κ3) is 4.71. The first-order valence-corrected chi connectivity index (χ1v) is 6.35. The van der Waals surface area contributed by atoms with Crippen LogP contribution in [0.25, 0.3) is 0 Å². The van der Waals surface area contributed by atoms with E-state index in [1.54, 1.807) is 25.2 Å². The Morgan fingerprint density at radius 3 is 2.53 bits per heavy atom. The van der Waals surface area contributed by atoms with Crippen LogP contribution in [0.4, 0.5) is 5.69 Å². The van der Waals surface area contributed by atoms with Crippen molar-refractivity contribution < 1.29 is 9.59 Å². The molecule has 0 saturated heterocycles. The number of rotatable bonds is 6. The van der Waals surface area contributed by atoms with E-state index in [2.05, 4.69) is 16.0 Å². The van der Waals surface area contributed by atoms with E-state index in [1.807, 2.05) is 14.0 Å². The second-order valence-electron chi connectivity index (χ2n) is 4.36. The molecular weight excluding hydrogens is 242 g/mol. The molecule has 0 heterocycles. The molecule has 0 spiro atoms. The highest BCUT2D eigenvalue weighted by atomic mass is 16.2. The molecule has 19 heavy (non-hydrogen) atoms. The fraction of sp³-hybridized carbons (Fsp3) is 0.429. The zero-order chi connectivity index (χ0) is 14.3. The van der Waals surface area contributed by atoms with Crippen LogP contribution in [0.2, 0.25) is 0 Å². The molecular formula is C14H21N3O2. The molecule has 0 aromatic heterocycles. The van der Waals surface area contributed by atoms with E-state index >= 15 is 0 Å². The largest absolute Gasteiger partial charge is 0.355 e. The van der Waals surface area contributed by atoms with Crippen LogP contribution < -0.4 is 16.0 Å². The van der Waals surface area contributed by atoms with Gasteiger partial charge in [-0.15, -0.1) is 0 Å². The fourth-order valence-electron chi connectivity index (χ4n) is 1.73. The van der Waals surface area contributed by atoms with Gasteiger partial charge in [0.05, 0.1) is 0 Å². The second-order valence-corrected chi connectivity index (χ2v) is 4.36. The van der Waals surface area contributed by atoms with Gasteiger partial charge in [-0.05, 0) is 50.7 Å². The standard InChI is InChI=1S/C14H21N3O2/c1-10-9-11(14(19)16-3)6-7-12(10)17-13(18)5-4-8-15-2/h6-7,9,15H,4-5,8H2,1-3H3,(H,16,19)(H,17,18). The topological polar surface area (TPSA) is 70.2 Å². The average Bonchev–Trinajstić information content (AvgIpc) is 2.40. The number of benzene rings is 1. The molecule has 104 valence electrons. The van der Waals surface area contributed by atoms with Gasteiger partial charge in [0, 0.05) is 24.7 Å². The van der Waals surface area contributed by atoms with Crippen molar-refractivity contribution in [2.24, 2.45) is 0 Å². The van der Waals surface area contributed by atoms with Crippen LogP contribution >= 0.6 is 0 Å². The molecule has 0 unspecified atom stereocenters. The Morgan fingerprint density at radius 2 is 1.95 bits per heavy atom. The quantitative estimate of drug-likeness (QED) is 0.677. The third-order valence-corrected chi connectivity index (χ3v) is 2.82. The number of hydrogen-bond acceptors (Lipinski definition) is 3. The molecule has 0 aliphatic heterocycles. The van der Waals surface area contributed by atoms with E-state index in [0.29, 0.717) is 12.0 Å². The molecule has 5 heteroatoms. The fourth-order valence-corrected chi connectivity index (χ4v) is 1.73. The lowest BCUT2D eigenvalue weighted by Crippen LogP contribution is -2.18. The molecule has 1 aromatic rings. The number of aryl methyl sites for hydroxylation is 1. The molecule has 0 radical (unpaired) electrons. The van der Waals surface area contributed by atoms with Crippen LogP contribution in [0.1, 0.15) is 28.8 Å². The van der Waals surface area contributed by atoms with Crippen molar-refractivity contribution in [1.82, 2.24) is 10.6 Å². The minimum absolute atomic E-state index is 0.00829. The van der Waals surface area contributed by atoms with Crippen LogP contribution in [0, 0.1) is 6.92 Å². The molecule has 3 N–H and O–H groups in total. The van der Waals surface area contributed by atoms with Gasteiger partial charge in [-0.2, -0.15) is 0 Å². The number of anilines is 1.